The zero-order valence-corrected chi connectivity index (χ0v) is 14.0. The molecule has 0 aliphatic heterocycles. The molecular formula is C17H17BrN2O2. The maximum atomic E-state index is 8.87. The summed E-state index contributed by atoms with van der Waals surface area (Å²) in [6.45, 7) is 2.43. The molecule has 0 saturated heterocycles. The summed E-state index contributed by atoms with van der Waals surface area (Å²) in [6.07, 6.45) is 6.28. The quantitative estimate of drug-likeness (QED) is 0.719. The van der Waals surface area contributed by atoms with Gasteiger partial charge in [0, 0.05) is 0 Å². The topological polar surface area (TPSA) is 66.0 Å². The van der Waals surface area contributed by atoms with Gasteiger partial charge in [-0.3, -0.25) is 0 Å². The van der Waals surface area contributed by atoms with Gasteiger partial charge in [0.1, 0.15) is 17.7 Å². The number of benzene rings is 1. The first kappa shape index (κ1) is 16.4. The molecule has 0 bridgehead atoms. The number of ether oxygens (including phenoxy) is 2. The highest BCUT2D eigenvalue weighted by Crippen LogP contribution is 2.39. The molecule has 114 valence electrons. The van der Waals surface area contributed by atoms with Crippen LogP contribution in [0, 0.1) is 22.7 Å². The van der Waals surface area contributed by atoms with Crippen LogP contribution in [0.5, 0.6) is 11.5 Å². The lowest BCUT2D eigenvalue weighted by molar-refractivity contribution is 0.195. The molecule has 4 nitrogen and oxygen atoms in total. The van der Waals surface area contributed by atoms with Crippen LogP contribution < -0.4 is 9.47 Å². The summed E-state index contributed by atoms with van der Waals surface area (Å²) in [5.41, 5.74) is 0.783. The highest BCUT2D eigenvalue weighted by molar-refractivity contribution is 9.10. The van der Waals surface area contributed by atoms with Crippen molar-refractivity contribution in [3.8, 4) is 23.6 Å². The second kappa shape index (κ2) is 7.87. The van der Waals surface area contributed by atoms with Crippen LogP contribution in [0.25, 0.3) is 6.08 Å². The van der Waals surface area contributed by atoms with Crippen molar-refractivity contribution in [1.82, 2.24) is 0 Å². The van der Waals surface area contributed by atoms with E-state index in [9.17, 15) is 0 Å². The highest BCUT2D eigenvalue weighted by Gasteiger charge is 2.20. The van der Waals surface area contributed by atoms with Crippen molar-refractivity contribution in [3.05, 3.63) is 27.7 Å². The second-order valence-corrected chi connectivity index (χ2v) is 5.92. The smallest absolute Gasteiger partial charge is 0.175 e. The number of nitrogens with zero attached hydrogens (tertiary/aromatic N) is 2. The fourth-order valence-corrected chi connectivity index (χ4v) is 3.03. The molecule has 2 rings (SSSR count). The first-order valence-electron chi connectivity index (χ1n) is 7.32. The first-order valence-corrected chi connectivity index (χ1v) is 8.12. The summed E-state index contributed by atoms with van der Waals surface area (Å²) < 4.78 is 12.5. The Morgan fingerprint density at radius 2 is 2.00 bits per heavy atom. The average Bonchev–Trinajstić information content (AvgIpc) is 3.01. The molecule has 0 aromatic heterocycles. The summed E-state index contributed by atoms with van der Waals surface area (Å²) >= 11 is 3.51. The minimum Gasteiger partial charge on any atom is -0.490 e. The van der Waals surface area contributed by atoms with Crippen molar-refractivity contribution in [2.45, 2.75) is 38.7 Å². The van der Waals surface area contributed by atoms with Crippen LogP contribution >= 0.6 is 15.9 Å². The third-order valence-corrected chi connectivity index (χ3v) is 4.06. The molecule has 5 heteroatoms. The van der Waals surface area contributed by atoms with Gasteiger partial charge in [0.15, 0.2) is 11.5 Å². The number of nitriles is 2. The van der Waals surface area contributed by atoms with E-state index in [-0.39, 0.29) is 11.7 Å². The number of hydrogen-bond donors (Lipinski definition) is 0. The Morgan fingerprint density at radius 3 is 2.59 bits per heavy atom. The number of hydrogen-bond acceptors (Lipinski definition) is 4. The van der Waals surface area contributed by atoms with E-state index in [1.807, 2.05) is 25.1 Å². The predicted molar refractivity (Wildman–Crippen MR) is 87.4 cm³/mol. The molecule has 1 aromatic rings. The summed E-state index contributed by atoms with van der Waals surface area (Å²) in [4.78, 5) is 0. The Hall–Kier alpha value is -1.98. The summed E-state index contributed by atoms with van der Waals surface area (Å²) in [5, 5.41) is 17.7. The van der Waals surface area contributed by atoms with Gasteiger partial charge in [0.2, 0.25) is 0 Å². The maximum Gasteiger partial charge on any atom is 0.175 e. The molecule has 0 heterocycles. The lowest BCUT2D eigenvalue weighted by Crippen LogP contribution is -2.12. The van der Waals surface area contributed by atoms with Crippen molar-refractivity contribution < 1.29 is 9.47 Å². The van der Waals surface area contributed by atoms with Crippen LogP contribution in [0.15, 0.2) is 22.2 Å². The van der Waals surface area contributed by atoms with Gasteiger partial charge in [0.05, 0.1) is 17.2 Å². The van der Waals surface area contributed by atoms with E-state index in [1.165, 1.54) is 18.9 Å². The van der Waals surface area contributed by atoms with E-state index in [1.54, 1.807) is 6.07 Å². The van der Waals surface area contributed by atoms with Crippen molar-refractivity contribution >= 4 is 22.0 Å². The van der Waals surface area contributed by atoms with Crippen LogP contribution in [-0.4, -0.2) is 12.7 Å². The molecule has 1 aliphatic rings. The molecule has 1 saturated carbocycles. The van der Waals surface area contributed by atoms with Gasteiger partial charge in [-0.1, -0.05) is 0 Å². The number of allylic oxidation sites excluding steroid dienone is 1. The van der Waals surface area contributed by atoms with E-state index in [0.29, 0.717) is 18.1 Å². The highest BCUT2D eigenvalue weighted by atomic mass is 79.9. The maximum absolute atomic E-state index is 8.87. The summed E-state index contributed by atoms with van der Waals surface area (Å²) in [5.74, 6) is 1.33. The van der Waals surface area contributed by atoms with Gasteiger partial charge >= 0.3 is 0 Å². The third-order valence-electron chi connectivity index (χ3n) is 3.47. The molecule has 1 aliphatic carbocycles. The zero-order valence-electron chi connectivity index (χ0n) is 12.4. The Balaban J connectivity index is 2.35. The SMILES string of the molecule is CCOc1cc(C=C(C#N)C#N)cc(Br)c1OC1CCCC1. The molecule has 22 heavy (non-hydrogen) atoms. The summed E-state index contributed by atoms with van der Waals surface area (Å²) in [7, 11) is 0. The fourth-order valence-electron chi connectivity index (χ4n) is 2.48. The van der Waals surface area contributed by atoms with Crippen molar-refractivity contribution in [3.63, 3.8) is 0 Å². The lowest BCUT2D eigenvalue weighted by atomic mass is 10.1. The van der Waals surface area contributed by atoms with Gasteiger partial charge in [-0.05, 0) is 72.3 Å². The molecule has 0 amide bonds. The van der Waals surface area contributed by atoms with E-state index < -0.39 is 0 Å². The Bertz CT molecular complexity index is 634. The van der Waals surface area contributed by atoms with Crippen LogP contribution in [0.2, 0.25) is 0 Å². The van der Waals surface area contributed by atoms with Crippen molar-refractivity contribution in [1.29, 1.82) is 10.5 Å². The Kier molecular flexibility index (Phi) is 5.86. The van der Waals surface area contributed by atoms with E-state index in [2.05, 4.69) is 15.9 Å². The normalized spacial score (nSPS) is 14.0. The molecule has 0 spiro atoms. The van der Waals surface area contributed by atoms with Gasteiger partial charge < -0.3 is 9.47 Å². The largest absolute Gasteiger partial charge is 0.490 e. The zero-order chi connectivity index (χ0) is 15.9. The van der Waals surface area contributed by atoms with E-state index in [4.69, 9.17) is 20.0 Å². The van der Waals surface area contributed by atoms with Crippen molar-refractivity contribution in [2.75, 3.05) is 6.61 Å². The lowest BCUT2D eigenvalue weighted by Gasteiger charge is -2.18. The first-order chi connectivity index (χ1) is 10.7. The molecule has 1 fully saturated rings. The van der Waals surface area contributed by atoms with Gasteiger partial charge in [-0.2, -0.15) is 10.5 Å². The minimum atomic E-state index is 0.0545. The monoisotopic (exact) mass is 360 g/mol. The van der Waals surface area contributed by atoms with Crippen LogP contribution in [-0.2, 0) is 0 Å². The van der Waals surface area contributed by atoms with Crippen LogP contribution in [0.3, 0.4) is 0 Å². The molecule has 0 unspecified atom stereocenters. The van der Waals surface area contributed by atoms with Gasteiger partial charge in [0.25, 0.3) is 0 Å². The Morgan fingerprint density at radius 1 is 1.32 bits per heavy atom. The molecule has 0 atom stereocenters. The average molecular weight is 361 g/mol. The number of halogens is 1. The number of rotatable bonds is 5. The van der Waals surface area contributed by atoms with Gasteiger partial charge in [-0.25, -0.2) is 0 Å². The minimum absolute atomic E-state index is 0.0545. The van der Waals surface area contributed by atoms with Crippen LogP contribution in [0.1, 0.15) is 38.2 Å². The van der Waals surface area contributed by atoms with E-state index in [0.717, 1.165) is 22.9 Å². The van der Waals surface area contributed by atoms with E-state index >= 15 is 0 Å². The molecule has 1 aromatic carbocycles. The summed E-state index contributed by atoms with van der Waals surface area (Å²) in [6, 6.07) is 7.35. The molecule has 0 radical (unpaired) electrons. The van der Waals surface area contributed by atoms with Gasteiger partial charge in [-0.15, -0.1) is 0 Å². The fraction of sp³-hybridized carbons (Fsp3) is 0.412. The predicted octanol–water partition coefficient (Wildman–Crippen LogP) is 4.60. The second-order valence-electron chi connectivity index (χ2n) is 5.07. The van der Waals surface area contributed by atoms with Crippen LogP contribution in [0.4, 0.5) is 0 Å². The molecule has 0 N–H and O–H groups in total. The van der Waals surface area contributed by atoms with Crippen molar-refractivity contribution in [2.24, 2.45) is 0 Å². The molecular weight excluding hydrogens is 344 g/mol. The standard InChI is InChI=1S/C17H17BrN2O2/c1-2-21-16-9-12(7-13(10-19)11-20)8-15(18)17(16)22-14-5-3-4-6-14/h7-9,14H,2-6H2,1H3. The Labute approximate surface area is 139 Å². The third kappa shape index (κ3) is 4.02.